The molecule has 0 heterocycles. The Morgan fingerprint density at radius 2 is 1.65 bits per heavy atom. The van der Waals surface area contributed by atoms with Crippen LogP contribution in [-0.4, -0.2) is 25.2 Å². The Morgan fingerprint density at radius 1 is 1.06 bits per heavy atom. The topological polar surface area (TPSA) is 52.6 Å². The van der Waals surface area contributed by atoms with E-state index in [1.165, 1.54) is 0 Å². The number of hydrogen-bond acceptors (Lipinski definition) is 4. The Bertz CT molecular complexity index is 236. The van der Waals surface area contributed by atoms with Crippen molar-refractivity contribution in [3.05, 3.63) is 12.7 Å². The third-order valence-corrected chi connectivity index (χ3v) is 2.04. The van der Waals surface area contributed by atoms with Gasteiger partial charge in [-0.05, 0) is 25.7 Å². The molecule has 98 valence electrons. The molecule has 0 atom stereocenters. The van der Waals surface area contributed by atoms with Crippen molar-refractivity contribution in [2.24, 2.45) is 0 Å². The molecule has 0 amide bonds. The number of rotatable bonds is 10. The van der Waals surface area contributed by atoms with Crippen LogP contribution in [0.4, 0.5) is 0 Å². The van der Waals surface area contributed by atoms with Gasteiger partial charge >= 0.3 is 11.9 Å². The number of esters is 2. The fourth-order valence-corrected chi connectivity index (χ4v) is 1.15. The van der Waals surface area contributed by atoms with E-state index in [0.717, 1.165) is 19.3 Å². The van der Waals surface area contributed by atoms with Crippen molar-refractivity contribution < 1.29 is 19.1 Å². The van der Waals surface area contributed by atoms with Crippen LogP contribution in [0, 0.1) is 0 Å². The van der Waals surface area contributed by atoms with Crippen molar-refractivity contribution in [2.75, 3.05) is 13.2 Å². The first-order valence-electron chi connectivity index (χ1n) is 6.12. The summed E-state index contributed by atoms with van der Waals surface area (Å²) < 4.78 is 9.85. The molecule has 0 aromatic heterocycles. The molecule has 0 spiro atoms. The first-order chi connectivity index (χ1) is 8.20. The van der Waals surface area contributed by atoms with Crippen LogP contribution in [0.25, 0.3) is 0 Å². The van der Waals surface area contributed by atoms with E-state index < -0.39 is 0 Å². The van der Waals surface area contributed by atoms with Gasteiger partial charge in [0.2, 0.25) is 0 Å². The van der Waals surface area contributed by atoms with Crippen LogP contribution in [-0.2, 0) is 19.1 Å². The van der Waals surface area contributed by atoms with Crippen molar-refractivity contribution >= 4 is 11.9 Å². The summed E-state index contributed by atoms with van der Waals surface area (Å²) in [4.78, 5) is 22.3. The standard InChI is InChI=1S/C13H22O4/c1-3-5-6-11-17-13(15)9-7-8-12(14)16-10-4-2/h3H,1,4-11H2,2H3. The molecular weight excluding hydrogens is 220 g/mol. The zero-order valence-electron chi connectivity index (χ0n) is 10.6. The van der Waals surface area contributed by atoms with Gasteiger partial charge in [0.15, 0.2) is 0 Å². The van der Waals surface area contributed by atoms with Crippen molar-refractivity contribution in [1.82, 2.24) is 0 Å². The molecule has 0 rings (SSSR count). The van der Waals surface area contributed by atoms with E-state index in [9.17, 15) is 9.59 Å². The summed E-state index contributed by atoms with van der Waals surface area (Å²) in [5.41, 5.74) is 0. The lowest BCUT2D eigenvalue weighted by Gasteiger charge is -2.04. The third-order valence-electron chi connectivity index (χ3n) is 2.04. The number of ether oxygens (including phenoxy) is 2. The summed E-state index contributed by atoms with van der Waals surface area (Å²) in [6.07, 6.45) is 5.29. The molecular formula is C13H22O4. The normalized spacial score (nSPS) is 9.71. The van der Waals surface area contributed by atoms with E-state index in [2.05, 4.69) is 6.58 Å². The fraction of sp³-hybridized carbons (Fsp3) is 0.692. The van der Waals surface area contributed by atoms with Gasteiger partial charge in [0.1, 0.15) is 0 Å². The van der Waals surface area contributed by atoms with E-state index in [1.54, 1.807) is 6.08 Å². The highest BCUT2D eigenvalue weighted by atomic mass is 16.5. The second-order valence-electron chi connectivity index (χ2n) is 3.73. The molecule has 0 saturated heterocycles. The van der Waals surface area contributed by atoms with E-state index in [-0.39, 0.29) is 24.8 Å². The summed E-state index contributed by atoms with van der Waals surface area (Å²) in [5.74, 6) is -0.497. The fourth-order valence-electron chi connectivity index (χ4n) is 1.15. The Hall–Kier alpha value is -1.32. The smallest absolute Gasteiger partial charge is 0.305 e. The molecule has 0 radical (unpaired) electrons. The van der Waals surface area contributed by atoms with Gasteiger partial charge in [-0.25, -0.2) is 0 Å². The molecule has 0 aliphatic rings. The highest BCUT2D eigenvalue weighted by Crippen LogP contribution is 2.01. The number of hydrogen-bond donors (Lipinski definition) is 0. The molecule has 0 aromatic rings. The minimum absolute atomic E-state index is 0.244. The molecule has 0 bridgehead atoms. The van der Waals surface area contributed by atoms with Crippen LogP contribution < -0.4 is 0 Å². The second kappa shape index (κ2) is 11.2. The average molecular weight is 242 g/mol. The molecule has 0 unspecified atom stereocenters. The maximum atomic E-state index is 11.2. The summed E-state index contributed by atoms with van der Waals surface area (Å²) in [6.45, 7) is 6.39. The minimum atomic E-state index is -0.252. The van der Waals surface area contributed by atoms with Crippen molar-refractivity contribution in [1.29, 1.82) is 0 Å². The SMILES string of the molecule is C=CCCCOC(=O)CCCC(=O)OCCC. The lowest BCUT2D eigenvalue weighted by molar-refractivity contribution is -0.145. The first kappa shape index (κ1) is 15.7. The van der Waals surface area contributed by atoms with E-state index in [1.807, 2.05) is 6.92 Å². The van der Waals surface area contributed by atoms with Gasteiger partial charge in [-0.1, -0.05) is 13.0 Å². The van der Waals surface area contributed by atoms with Gasteiger partial charge in [0.25, 0.3) is 0 Å². The number of allylic oxidation sites excluding steroid dienone is 1. The lowest BCUT2D eigenvalue weighted by atomic mass is 10.2. The third kappa shape index (κ3) is 11.0. The molecule has 0 saturated carbocycles. The van der Waals surface area contributed by atoms with Gasteiger partial charge < -0.3 is 9.47 Å². The molecule has 17 heavy (non-hydrogen) atoms. The molecule has 0 N–H and O–H groups in total. The summed E-state index contributed by atoms with van der Waals surface area (Å²) in [7, 11) is 0. The van der Waals surface area contributed by atoms with Gasteiger partial charge in [-0.15, -0.1) is 6.58 Å². The molecule has 0 aromatic carbocycles. The van der Waals surface area contributed by atoms with E-state index in [4.69, 9.17) is 9.47 Å². The predicted molar refractivity (Wildman–Crippen MR) is 65.5 cm³/mol. The Morgan fingerprint density at radius 3 is 2.18 bits per heavy atom. The summed E-state index contributed by atoms with van der Waals surface area (Å²) >= 11 is 0. The zero-order valence-corrected chi connectivity index (χ0v) is 10.6. The quantitative estimate of drug-likeness (QED) is 0.336. The van der Waals surface area contributed by atoms with Gasteiger partial charge in [0.05, 0.1) is 13.2 Å². The maximum Gasteiger partial charge on any atom is 0.305 e. The molecule has 4 nitrogen and oxygen atoms in total. The van der Waals surface area contributed by atoms with Crippen LogP contribution >= 0.6 is 0 Å². The Labute approximate surface area is 103 Å². The molecule has 0 aliphatic heterocycles. The summed E-state index contributed by atoms with van der Waals surface area (Å²) in [5, 5.41) is 0. The minimum Gasteiger partial charge on any atom is -0.466 e. The molecule has 0 aliphatic carbocycles. The Balaban J connectivity index is 3.37. The lowest BCUT2D eigenvalue weighted by Crippen LogP contribution is -2.09. The van der Waals surface area contributed by atoms with Crippen molar-refractivity contribution in [3.63, 3.8) is 0 Å². The van der Waals surface area contributed by atoms with Gasteiger partial charge in [-0.3, -0.25) is 9.59 Å². The predicted octanol–water partition coefficient (Wildman–Crippen LogP) is 2.62. The van der Waals surface area contributed by atoms with Gasteiger partial charge in [-0.2, -0.15) is 0 Å². The van der Waals surface area contributed by atoms with Crippen LogP contribution in [0.2, 0.25) is 0 Å². The van der Waals surface area contributed by atoms with Crippen LogP contribution in [0.5, 0.6) is 0 Å². The van der Waals surface area contributed by atoms with Gasteiger partial charge in [0, 0.05) is 12.8 Å². The van der Waals surface area contributed by atoms with E-state index >= 15 is 0 Å². The largest absolute Gasteiger partial charge is 0.466 e. The van der Waals surface area contributed by atoms with Crippen molar-refractivity contribution in [3.8, 4) is 0 Å². The second-order valence-corrected chi connectivity index (χ2v) is 3.73. The van der Waals surface area contributed by atoms with Crippen LogP contribution in [0.3, 0.4) is 0 Å². The van der Waals surface area contributed by atoms with E-state index in [0.29, 0.717) is 19.6 Å². The van der Waals surface area contributed by atoms with Crippen LogP contribution in [0.1, 0.15) is 45.4 Å². The van der Waals surface area contributed by atoms with Crippen molar-refractivity contribution in [2.45, 2.75) is 45.4 Å². The average Bonchev–Trinajstić information content (AvgIpc) is 2.32. The highest BCUT2D eigenvalue weighted by Gasteiger charge is 2.06. The monoisotopic (exact) mass is 242 g/mol. The number of carbonyl (C=O) groups is 2. The highest BCUT2D eigenvalue weighted by molar-refractivity contribution is 5.72. The number of unbranched alkanes of at least 4 members (excludes halogenated alkanes) is 1. The zero-order chi connectivity index (χ0) is 12.9. The summed E-state index contributed by atoms with van der Waals surface area (Å²) in [6, 6.07) is 0. The van der Waals surface area contributed by atoms with Crippen LogP contribution in [0.15, 0.2) is 12.7 Å². The first-order valence-corrected chi connectivity index (χ1v) is 6.12. The number of carbonyl (C=O) groups excluding carboxylic acids is 2. The maximum absolute atomic E-state index is 11.2. The molecule has 0 fully saturated rings. The Kier molecular flexibility index (Phi) is 10.3. The molecule has 4 heteroatoms.